The van der Waals surface area contributed by atoms with Gasteiger partial charge in [0.25, 0.3) is 0 Å². The van der Waals surface area contributed by atoms with Gasteiger partial charge in [0, 0.05) is 15.6 Å². The lowest BCUT2D eigenvalue weighted by molar-refractivity contribution is 0.218. The number of aliphatic hydroxyl groups excluding tert-OH is 1. The molecule has 20 heavy (non-hydrogen) atoms. The summed E-state index contributed by atoms with van der Waals surface area (Å²) in [5, 5.41) is 11.8. The van der Waals surface area contributed by atoms with Crippen LogP contribution in [-0.2, 0) is 0 Å². The van der Waals surface area contributed by atoms with Crippen molar-refractivity contribution in [1.82, 2.24) is 0 Å². The second-order valence-corrected chi connectivity index (χ2v) is 6.09. The summed E-state index contributed by atoms with van der Waals surface area (Å²) >= 11 is 12.1. The van der Waals surface area contributed by atoms with E-state index in [1.165, 1.54) is 11.1 Å². The van der Waals surface area contributed by atoms with Crippen molar-refractivity contribution in [2.45, 2.75) is 33.8 Å². The molecule has 2 aromatic rings. The van der Waals surface area contributed by atoms with Crippen LogP contribution in [-0.4, -0.2) is 5.11 Å². The molecule has 0 heterocycles. The first-order chi connectivity index (χ1) is 9.32. The van der Waals surface area contributed by atoms with E-state index in [0.29, 0.717) is 15.6 Å². The first-order valence-electron chi connectivity index (χ1n) is 6.53. The third-order valence-electron chi connectivity index (χ3n) is 3.95. The predicted molar refractivity (Wildman–Crippen MR) is 85.9 cm³/mol. The van der Waals surface area contributed by atoms with Gasteiger partial charge in [-0.2, -0.15) is 0 Å². The fraction of sp³-hybridized carbons (Fsp3) is 0.294. The maximum Gasteiger partial charge on any atom is 0.106 e. The molecule has 0 fully saturated rings. The van der Waals surface area contributed by atoms with Gasteiger partial charge in [0.15, 0.2) is 0 Å². The van der Waals surface area contributed by atoms with Gasteiger partial charge in [-0.15, -0.1) is 0 Å². The quantitative estimate of drug-likeness (QED) is 0.797. The zero-order valence-electron chi connectivity index (χ0n) is 12.1. The molecule has 0 saturated heterocycles. The predicted octanol–water partition coefficient (Wildman–Crippen LogP) is 5.31. The highest BCUT2D eigenvalue weighted by atomic mass is 35.5. The fourth-order valence-electron chi connectivity index (χ4n) is 2.54. The van der Waals surface area contributed by atoms with E-state index in [1.807, 2.05) is 13.8 Å². The SMILES string of the molecule is Cc1cc(C)c(C)c(C(O)c2ccc(Cl)cc2Cl)c1C. The Labute approximate surface area is 130 Å². The Kier molecular flexibility index (Phi) is 4.43. The van der Waals surface area contributed by atoms with Gasteiger partial charge < -0.3 is 5.11 Å². The summed E-state index contributed by atoms with van der Waals surface area (Å²) in [5.41, 5.74) is 6.18. The molecule has 0 radical (unpaired) electrons. The van der Waals surface area contributed by atoms with Crippen LogP contribution in [0, 0.1) is 27.7 Å². The maximum absolute atomic E-state index is 10.7. The minimum Gasteiger partial charge on any atom is -0.384 e. The maximum atomic E-state index is 10.7. The van der Waals surface area contributed by atoms with Gasteiger partial charge in [0.05, 0.1) is 0 Å². The van der Waals surface area contributed by atoms with E-state index in [9.17, 15) is 5.11 Å². The number of halogens is 2. The van der Waals surface area contributed by atoms with Crippen LogP contribution in [0.15, 0.2) is 24.3 Å². The first kappa shape index (κ1) is 15.4. The number of benzene rings is 2. The number of aliphatic hydroxyl groups is 1. The molecule has 0 aliphatic heterocycles. The van der Waals surface area contributed by atoms with E-state index >= 15 is 0 Å². The largest absolute Gasteiger partial charge is 0.384 e. The van der Waals surface area contributed by atoms with Crippen LogP contribution in [0.25, 0.3) is 0 Å². The standard InChI is InChI=1S/C17H18Cl2O/c1-9-7-10(2)12(4)16(11(9)3)17(20)14-6-5-13(18)8-15(14)19/h5-8,17,20H,1-4H3. The van der Waals surface area contributed by atoms with Gasteiger partial charge in [0.1, 0.15) is 6.10 Å². The van der Waals surface area contributed by atoms with Crippen LogP contribution in [0.5, 0.6) is 0 Å². The molecule has 1 N–H and O–H groups in total. The second-order valence-electron chi connectivity index (χ2n) is 5.24. The Balaban J connectivity index is 2.62. The summed E-state index contributed by atoms with van der Waals surface area (Å²) in [4.78, 5) is 0. The Hall–Kier alpha value is -1.02. The van der Waals surface area contributed by atoms with Crippen LogP contribution in [0.4, 0.5) is 0 Å². The molecule has 1 unspecified atom stereocenters. The zero-order valence-corrected chi connectivity index (χ0v) is 13.6. The van der Waals surface area contributed by atoms with E-state index in [1.54, 1.807) is 18.2 Å². The minimum atomic E-state index is -0.738. The smallest absolute Gasteiger partial charge is 0.106 e. The number of hydrogen-bond donors (Lipinski definition) is 1. The molecular weight excluding hydrogens is 291 g/mol. The summed E-state index contributed by atoms with van der Waals surface area (Å²) < 4.78 is 0. The molecule has 106 valence electrons. The number of aryl methyl sites for hydroxylation is 2. The van der Waals surface area contributed by atoms with Crippen molar-refractivity contribution in [3.05, 3.63) is 67.7 Å². The molecule has 2 aromatic carbocycles. The lowest BCUT2D eigenvalue weighted by Gasteiger charge is -2.21. The van der Waals surface area contributed by atoms with Gasteiger partial charge in [-0.3, -0.25) is 0 Å². The van der Waals surface area contributed by atoms with Gasteiger partial charge in [-0.25, -0.2) is 0 Å². The Morgan fingerprint density at radius 3 is 1.95 bits per heavy atom. The van der Waals surface area contributed by atoms with Crippen LogP contribution in [0.1, 0.15) is 39.5 Å². The van der Waals surface area contributed by atoms with E-state index < -0.39 is 6.10 Å². The monoisotopic (exact) mass is 308 g/mol. The van der Waals surface area contributed by atoms with Crippen molar-refractivity contribution in [2.75, 3.05) is 0 Å². The molecular formula is C17H18Cl2O. The Morgan fingerprint density at radius 2 is 1.45 bits per heavy atom. The number of rotatable bonds is 2. The average Bonchev–Trinajstić information content (AvgIpc) is 2.36. The van der Waals surface area contributed by atoms with Crippen molar-refractivity contribution in [2.24, 2.45) is 0 Å². The molecule has 0 amide bonds. The van der Waals surface area contributed by atoms with Crippen LogP contribution < -0.4 is 0 Å². The van der Waals surface area contributed by atoms with E-state index in [0.717, 1.165) is 16.7 Å². The molecule has 0 saturated carbocycles. The topological polar surface area (TPSA) is 20.2 Å². The van der Waals surface area contributed by atoms with Crippen LogP contribution >= 0.6 is 23.2 Å². The average molecular weight is 309 g/mol. The van der Waals surface area contributed by atoms with Crippen LogP contribution in [0.2, 0.25) is 10.0 Å². The third-order valence-corrected chi connectivity index (χ3v) is 4.52. The molecule has 0 spiro atoms. The molecule has 0 bridgehead atoms. The number of hydrogen-bond acceptors (Lipinski definition) is 1. The fourth-order valence-corrected chi connectivity index (χ4v) is 3.05. The van der Waals surface area contributed by atoms with Crippen molar-refractivity contribution >= 4 is 23.2 Å². The molecule has 3 heteroatoms. The Bertz CT molecular complexity index is 636. The third kappa shape index (κ3) is 2.71. The van der Waals surface area contributed by atoms with Crippen molar-refractivity contribution in [3.8, 4) is 0 Å². The molecule has 2 rings (SSSR count). The summed E-state index contributed by atoms with van der Waals surface area (Å²) in [6.07, 6.45) is -0.738. The molecule has 1 nitrogen and oxygen atoms in total. The van der Waals surface area contributed by atoms with E-state index in [4.69, 9.17) is 23.2 Å². The molecule has 0 aliphatic rings. The highest BCUT2D eigenvalue weighted by Crippen LogP contribution is 2.35. The highest BCUT2D eigenvalue weighted by molar-refractivity contribution is 6.35. The van der Waals surface area contributed by atoms with Gasteiger partial charge in [-0.1, -0.05) is 35.3 Å². The lowest BCUT2D eigenvalue weighted by Crippen LogP contribution is -2.08. The first-order valence-corrected chi connectivity index (χ1v) is 7.28. The van der Waals surface area contributed by atoms with Gasteiger partial charge in [0.2, 0.25) is 0 Å². The van der Waals surface area contributed by atoms with Crippen molar-refractivity contribution in [1.29, 1.82) is 0 Å². The highest BCUT2D eigenvalue weighted by Gasteiger charge is 2.20. The molecule has 0 aliphatic carbocycles. The summed E-state index contributed by atoms with van der Waals surface area (Å²) in [6, 6.07) is 7.34. The van der Waals surface area contributed by atoms with Gasteiger partial charge >= 0.3 is 0 Å². The van der Waals surface area contributed by atoms with E-state index in [2.05, 4.69) is 19.9 Å². The van der Waals surface area contributed by atoms with Crippen molar-refractivity contribution in [3.63, 3.8) is 0 Å². The summed E-state index contributed by atoms with van der Waals surface area (Å²) in [5.74, 6) is 0. The molecule has 1 atom stereocenters. The summed E-state index contributed by atoms with van der Waals surface area (Å²) in [7, 11) is 0. The zero-order chi connectivity index (χ0) is 15.0. The lowest BCUT2D eigenvalue weighted by atomic mass is 9.88. The molecule has 0 aromatic heterocycles. The van der Waals surface area contributed by atoms with Crippen molar-refractivity contribution < 1.29 is 5.11 Å². The normalized spacial score (nSPS) is 12.6. The Morgan fingerprint density at radius 1 is 0.900 bits per heavy atom. The second kappa shape index (κ2) is 5.77. The minimum absolute atomic E-state index is 0.489. The summed E-state index contributed by atoms with van der Waals surface area (Å²) in [6.45, 7) is 8.18. The van der Waals surface area contributed by atoms with E-state index in [-0.39, 0.29) is 0 Å². The van der Waals surface area contributed by atoms with Gasteiger partial charge in [-0.05, 0) is 67.6 Å². The van der Waals surface area contributed by atoms with Crippen LogP contribution in [0.3, 0.4) is 0 Å².